The second-order valence-electron chi connectivity index (χ2n) is 8.41. The lowest BCUT2D eigenvalue weighted by atomic mass is 9.95. The molecule has 3 rings (SSSR count). The van der Waals surface area contributed by atoms with E-state index in [4.69, 9.17) is 16.3 Å². The number of nitrogens with zero attached hydrogens (tertiary/aromatic N) is 2. The van der Waals surface area contributed by atoms with Crippen LogP contribution in [0, 0.1) is 5.41 Å². The summed E-state index contributed by atoms with van der Waals surface area (Å²) in [6, 6.07) is 15.4. The van der Waals surface area contributed by atoms with E-state index in [0.717, 1.165) is 35.8 Å². The van der Waals surface area contributed by atoms with E-state index in [1.165, 1.54) is 0 Å². The maximum atomic E-state index is 12.6. The van der Waals surface area contributed by atoms with Crippen molar-refractivity contribution in [2.24, 2.45) is 5.41 Å². The average Bonchev–Trinajstić information content (AvgIpc) is 2.80. The van der Waals surface area contributed by atoms with Crippen molar-refractivity contribution in [2.45, 2.75) is 20.3 Å². The summed E-state index contributed by atoms with van der Waals surface area (Å²) in [5.74, 6) is 1.10. The van der Waals surface area contributed by atoms with Crippen LogP contribution in [0.3, 0.4) is 0 Å². The van der Waals surface area contributed by atoms with Crippen molar-refractivity contribution < 1.29 is 14.3 Å². The van der Waals surface area contributed by atoms with Gasteiger partial charge in [0, 0.05) is 43.4 Å². The molecule has 0 aromatic heterocycles. The first-order chi connectivity index (χ1) is 14.8. The first kappa shape index (κ1) is 22.9. The minimum atomic E-state index is -0.616. The number of carbonyl (C=O) groups is 2. The van der Waals surface area contributed by atoms with E-state index in [-0.39, 0.29) is 17.7 Å². The number of methoxy groups -OCH3 is 1. The maximum Gasteiger partial charge on any atom is 0.231 e. The lowest BCUT2D eigenvalue weighted by Gasteiger charge is -2.36. The molecule has 1 fully saturated rings. The number of alkyl halides is 1. The molecule has 0 unspecified atom stereocenters. The van der Waals surface area contributed by atoms with Gasteiger partial charge >= 0.3 is 0 Å². The molecule has 0 atom stereocenters. The third kappa shape index (κ3) is 5.91. The number of ether oxygens (including phenoxy) is 1. The Morgan fingerprint density at radius 3 is 2.16 bits per heavy atom. The second kappa shape index (κ2) is 10.1. The van der Waals surface area contributed by atoms with Gasteiger partial charge in [0.1, 0.15) is 5.75 Å². The molecule has 1 saturated heterocycles. The summed E-state index contributed by atoms with van der Waals surface area (Å²) in [4.78, 5) is 29.1. The molecule has 1 heterocycles. The molecule has 1 N–H and O–H groups in total. The zero-order valence-corrected chi connectivity index (χ0v) is 19.1. The molecule has 2 amide bonds. The molecule has 1 aliphatic rings. The zero-order valence-electron chi connectivity index (χ0n) is 18.4. The smallest absolute Gasteiger partial charge is 0.231 e. The van der Waals surface area contributed by atoms with E-state index in [1.807, 2.05) is 67.3 Å². The Labute approximate surface area is 189 Å². The topological polar surface area (TPSA) is 61.9 Å². The quantitative estimate of drug-likeness (QED) is 0.661. The number of benzene rings is 2. The number of halogens is 1. The molecular weight excluding hydrogens is 414 g/mol. The van der Waals surface area contributed by atoms with Gasteiger partial charge in [0.05, 0.1) is 18.9 Å². The van der Waals surface area contributed by atoms with Gasteiger partial charge in [0.25, 0.3) is 0 Å². The zero-order chi connectivity index (χ0) is 22.4. The number of anilines is 2. The summed E-state index contributed by atoms with van der Waals surface area (Å²) in [5.41, 5.74) is 2.20. The summed E-state index contributed by atoms with van der Waals surface area (Å²) in [5, 5.41) is 2.91. The molecule has 7 heteroatoms. The van der Waals surface area contributed by atoms with Gasteiger partial charge in [-0.15, -0.1) is 11.6 Å². The molecule has 166 valence electrons. The number of hydrogen-bond acceptors (Lipinski definition) is 4. The lowest BCUT2D eigenvalue weighted by Crippen LogP contribution is -2.49. The largest absolute Gasteiger partial charge is 0.497 e. The van der Waals surface area contributed by atoms with Gasteiger partial charge in [-0.2, -0.15) is 0 Å². The first-order valence-electron chi connectivity index (χ1n) is 10.5. The number of carbonyl (C=O) groups excluding carboxylic acids is 2. The minimum Gasteiger partial charge on any atom is -0.497 e. The van der Waals surface area contributed by atoms with Crippen molar-refractivity contribution >= 4 is 34.8 Å². The molecule has 0 spiro atoms. The van der Waals surface area contributed by atoms with Crippen LogP contribution in [0.15, 0.2) is 48.5 Å². The molecule has 31 heavy (non-hydrogen) atoms. The molecule has 6 nitrogen and oxygen atoms in total. The Morgan fingerprint density at radius 2 is 1.61 bits per heavy atom. The van der Waals surface area contributed by atoms with E-state index in [1.54, 1.807) is 7.11 Å². The Hall–Kier alpha value is -2.73. The molecule has 1 aliphatic heterocycles. The highest BCUT2D eigenvalue weighted by molar-refractivity contribution is 6.20. The highest BCUT2D eigenvalue weighted by Crippen LogP contribution is 2.23. The van der Waals surface area contributed by atoms with Gasteiger partial charge in [-0.05, 0) is 55.8 Å². The highest BCUT2D eigenvalue weighted by atomic mass is 35.5. The van der Waals surface area contributed by atoms with E-state index >= 15 is 0 Å². The molecule has 0 radical (unpaired) electrons. The van der Waals surface area contributed by atoms with E-state index in [0.29, 0.717) is 19.5 Å². The summed E-state index contributed by atoms with van der Waals surface area (Å²) in [6.45, 7) is 6.58. The van der Waals surface area contributed by atoms with Crippen molar-refractivity contribution in [2.75, 3.05) is 49.4 Å². The van der Waals surface area contributed by atoms with Crippen LogP contribution in [0.25, 0.3) is 0 Å². The van der Waals surface area contributed by atoms with Gasteiger partial charge in [-0.3, -0.25) is 9.59 Å². The number of nitrogens with one attached hydrogen (secondary N) is 1. The number of amides is 2. The average molecular weight is 444 g/mol. The van der Waals surface area contributed by atoms with E-state index in [9.17, 15) is 9.59 Å². The van der Waals surface area contributed by atoms with Crippen LogP contribution < -0.4 is 15.0 Å². The Bertz CT molecular complexity index is 889. The third-order valence-corrected chi connectivity index (χ3v) is 6.25. The molecule has 0 bridgehead atoms. The molecule has 0 saturated carbocycles. The van der Waals surface area contributed by atoms with E-state index in [2.05, 4.69) is 10.2 Å². The summed E-state index contributed by atoms with van der Waals surface area (Å²) in [7, 11) is 1.63. The number of hydrogen-bond donors (Lipinski definition) is 1. The van der Waals surface area contributed by atoms with Crippen LogP contribution in [0.1, 0.15) is 19.4 Å². The van der Waals surface area contributed by atoms with Crippen LogP contribution in [0.5, 0.6) is 5.75 Å². The Balaban J connectivity index is 1.50. The number of rotatable bonds is 7. The normalized spacial score (nSPS) is 14.3. The van der Waals surface area contributed by atoms with Gasteiger partial charge in [-0.1, -0.05) is 12.1 Å². The maximum absolute atomic E-state index is 12.6. The fourth-order valence-electron chi connectivity index (χ4n) is 3.36. The predicted molar refractivity (Wildman–Crippen MR) is 125 cm³/mol. The van der Waals surface area contributed by atoms with Crippen molar-refractivity contribution in [3.8, 4) is 5.75 Å². The number of piperazine rings is 1. The fraction of sp³-hybridized carbons (Fsp3) is 0.417. The second-order valence-corrected chi connectivity index (χ2v) is 8.68. The Morgan fingerprint density at radius 1 is 1.00 bits per heavy atom. The van der Waals surface area contributed by atoms with Crippen LogP contribution in [-0.4, -0.2) is 55.9 Å². The van der Waals surface area contributed by atoms with Gasteiger partial charge in [0.15, 0.2) is 0 Å². The van der Waals surface area contributed by atoms with Crippen LogP contribution in [-0.2, 0) is 16.0 Å². The predicted octanol–water partition coefficient (Wildman–Crippen LogP) is 3.79. The summed E-state index contributed by atoms with van der Waals surface area (Å²) < 4.78 is 5.16. The van der Waals surface area contributed by atoms with Gasteiger partial charge in [-0.25, -0.2) is 0 Å². The minimum absolute atomic E-state index is 0.0979. The third-order valence-electron chi connectivity index (χ3n) is 5.59. The highest BCUT2D eigenvalue weighted by Gasteiger charge is 2.26. The standard InChI is InChI=1S/C24H30ClN3O3/c1-24(2,17-25)23(30)26-19-6-8-20(9-7-19)27-12-14-28(15-13-27)22(29)16-18-4-10-21(31-3)11-5-18/h4-11H,12-17H2,1-3H3,(H,26,30). The summed E-state index contributed by atoms with van der Waals surface area (Å²) in [6.07, 6.45) is 0.400. The molecule has 0 aliphatic carbocycles. The van der Waals surface area contributed by atoms with Crippen molar-refractivity contribution in [3.05, 3.63) is 54.1 Å². The van der Waals surface area contributed by atoms with E-state index < -0.39 is 5.41 Å². The van der Waals surface area contributed by atoms with Crippen LogP contribution >= 0.6 is 11.6 Å². The summed E-state index contributed by atoms with van der Waals surface area (Å²) >= 11 is 5.87. The van der Waals surface area contributed by atoms with Gasteiger partial charge < -0.3 is 19.9 Å². The van der Waals surface area contributed by atoms with Crippen molar-refractivity contribution in [3.63, 3.8) is 0 Å². The van der Waals surface area contributed by atoms with Crippen molar-refractivity contribution in [1.29, 1.82) is 0 Å². The van der Waals surface area contributed by atoms with Crippen molar-refractivity contribution in [1.82, 2.24) is 4.90 Å². The molecule has 2 aromatic rings. The lowest BCUT2D eigenvalue weighted by molar-refractivity contribution is -0.130. The molecule has 2 aromatic carbocycles. The van der Waals surface area contributed by atoms with Crippen LogP contribution in [0.4, 0.5) is 11.4 Å². The van der Waals surface area contributed by atoms with Crippen LogP contribution in [0.2, 0.25) is 0 Å². The van der Waals surface area contributed by atoms with Gasteiger partial charge in [0.2, 0.25) is 11.8 Å². The Kier molecular flexibility index (Phi) is 7.44. The fourth-order valence-corrected chi connectivity index (χ4v) is 3.48. The molecular formula is C24H30ClN3O3. The SMILES string of the molecule is COc1ccc(CC(=O)N2CCN(c3ccc(NC(=O)C(C)(C)CCl)cc3)CC2)cc1. The first-order valence-corrected chi connectivity index (χ1v) is 11.0. The monoisotopic (exact) mass is 443 g/mol.